The molecule has 4 N–H and O–H groups in total. The van der Waals surface area contributed by atoms with Gasteiger partial charge >= 0.3 is 0 Å². The van der Waals surface area contributed by atoms with Crippen LogP contribution >= 0.6 is 0 Å². The third-order valence-corrected chi connectivity index (χ3v) is 5.82. The summed E-state index contributed by atoms with van der Waals surface area (Å²) in [6.07, 6.45) is 1.42. The summed E-state index contributed by atoms with van der Waals surface area (Å²) >= 11 is 0. The molecule has 5 rings (SSSR count). The number of methoxy groups -OCH3 is 1. The number of hydrogen-bond acceptors (Lipinski definition) is 7. The molecule has 9 heteroatoms. The van der Waals surface area contributed by atoms with Gasteiger partial charge in [0.1, 0.15) is 17.8 Å². The van der Waals surface area contributed by atoms with Gasteiger partial charge in [-0.2, -0.15) is 0 Å². The van der Waals surface area contributed by atoms with Crippen LogP contribution in [0, 0.1) is 18.8 Å². The van der Waals surface area contributed by atoms with Crippen molar-refractivity contribution in [3.05, 3.63) is 72.7 Å². The minimum absolute atomic E-state index is 0.345. The number of rotatable bonds is 6. The number of nitrogens with one attached hydrogen (secondary N) is 2. The number of nitrogens with zero attached hydrogens (tertiary/aromatic N) is 3. The molecule has 3 heterocycles. The Bertz CT molecular complexity index is 1710. The van der Waals surface area contributed by atoms with Gasteiger partial charge in [-0.3, -0.25) is 4.79 Å². The fourth-order valence-electron chi connectivity index (χ4n) is 4.14. The first-order valence-corrected chi connectivity index (χ1v) is 11.7. The molecular weight excluding hydrogens is 480 g/mol. The smallest absolute Gasteiger partial charge is 0.300 e. The lowest BCUT2D eigenvalue weighted by molar-refractivity contribution is -0.111. The van der Waals surface area contributed by atoms with E-state index in [1.54, 1.807) is 32.2 Å². The number of benzene rings is 2. The van der Waals surface area contributed by atoms with E-state index in [1.165, 1.54) is 6.33 Å². The second kappa shape index (κ2) is 10.3. The molecule has 38 heavy (non-hydrogen) atoms. The number of aromatic nitrogens is 4. The third kappa shape index (κ3) is 4.83. The molecule has 1 amide bonds. The molecule has 0 aliphatic heterocycles. The van der Waals surface area contributed by atoms with Gasteiger partial charge in [0.05, 0.1) is 18.2 Å². The van der Waals surface area contributed by atoms with Crippen LogP contribution in [-0.4, -0.2) is 33.0 Å². The van der Waals surface area contributed by atoms with E-state index in [9.17, 15) is 4.79 Å². The normalized spacial score (nSPS) is 10.5. The maximum absolute atomic E-state index is 11.8. The lowest BCUT2D eigenvalue weighted by Crippen LogP contribution is -2.07. The van der Waals surface area contributed by atoms with Gasteiger partial charge in [-0.25, -0.2) is 15.0 Å². The number of nitrogens with two attached hydrogens (primary N) is 1. The summed E-state index contributed by atoms with van der Waals surface area (Å²) in [5, 5.41) is 3.44. The van der Waals surface area contributed by atoms with Gasteiger partial charge in [0, 0.05) is 23.0 Å². The van der Waals surface area contributed by atoms with Crippen LogP contribution in [0.2, 0.25) is 0 Å². The highest BCUT2D eigenvalue weighted by Crippen LogP contribution is 2.43. The van der Waals surface area contributed by atoms with Crippen LogP contribution in [0.25, 0.3) is 33.4 Å². The summed E-state index contributed by atoms with van der Waals surface area (Å²) in [6.45, 7) is 3.51. The fourth-order valence-corrected chi connectivity index (χ4v) is 4.14. The number of H-pyrrole nitrogens is 1. The zero-order chi connectivity index (χ0) is 26.6. The maximum atomic E-state index is 11.8. The summed E-state index contributed by atoms with van der Waals surface area (Å²) in [6, 6.07) is 18.6. The number of carbonyl (C=O) groups excluding carboxylic acids is 1. The fraction of sp³-hybridized carbons (Fsp3) is 0.103. The number of amides is 1. The number of hydrogen-bond donors (Lipinski definition) is 3. The second-order valence-electron chi connectivity index (χ2n) is 8.35. The highest BCUT2D eigenvalue weighted by molar-refractivity contribution is 6.07. The Morgan fingerprint density at radius 2 is 1.82 bits per heavy atom. The lowest BCUT2D eigenvalue weighted by Gasteiger charge is -2.13. The predicted octanol–water partition coefficient (Wildman–Crippen LogP) is 5.34. The van der Waals surface area contributed by atoms with Gasteiger partial charge in [0.2, 0.25) is 5.88 Å². The molecule has 5 aromatic rings. The number of aromatic amines is 1. The van der Waals surface area contributed by atoms with Crippen molar-refractivity contribution in [2.75, 3.05) is 18.2 Å². The number of anilines is 2. The van der Waals surface area contributed by atoms with Gasteiger partial charge < -0.3 is 25.5 Å². The first kappa shape index (κ1) is 24.3. The molecule has 9 nitrogen and oxygen atoms in total. The topological polar surface area (TPSA) is 128 Å². The van der Waals surface area contributed by atoms with Crippen LogP contribution in [-0.2, 0) is 4.79 Å². The van der Waals surface area contributed by atoms with Crippen molar-refractivity contribution in [1.82, 2.24) is 19.9 Å². The van der Waals surface area contributed by atoms with Crippen LogP contribution in [0.3, 0.4) is 0 Å². The molecule has 0 saturated heterocycles. The average molecular weight is 505 g/mol. The summed E-state index contributed by atoms with van der Waals surface area (Å²) in [4.78, 5) is 28.2. The molecule has 0 saturated carbocycles. The molecular formula is C29H24N6O3. The molecule has 0 spiro atoms. The van der Waals surface area contributed by atoms with Gasteiger partial charge in [-0.05, 0) is 61.2 Å². The van der Waals surface area contributed by atoms with Crippen LogP contribution in [0.4, 0.5) is 11.5 Å². The molecule has 0 unspecified atom stereocenters. The zero-order valence-electron chi connectivity index (χ0n) is 21.0. The molecule has 3 aromatic heterocycles. The molecule has 0 aliphatic rings. The van der Waals surface area contributed by atoms with Crippen LogP contribution < -0.4 is 20.5 Å². The zero-order valence-corrected chi connectivity index (χ0v) is 21.0. The van der Waals surface area contributed by atoms with Crippen molar-refractivity contribution in [2.45, 2.75) is 13.8 Å². The number of carbonyl (C=O) groups is 1. The first-order chi connectivity index (χ1) is 18.5. The van der Waals surface area contributed by atoms with Crippen molar-refractivity contribution in [2.24, 2.45) is 0 Å². The lowest BCUT2D eigenvalue weighted by atomic mass is 9.98. The van der Waals surface area contributed by atoms with Gasteiger partial charge in [0.25, 0.3) is 5.91 Å². The minimum atomic E-state index is -0.370. The quantitative estimate of drug-likeness (QED) is 0.266. The molecule has 0 radical (unpaired) electrons. The molecule has 0 aliphatic carbocycles. The molecule has 0 fully saturated rings. The Morgan fingerprint density at radius 1 is 1.03 bits per heavy atom. The summed E-state index contributed by atoms with van der Waals surface area (Å²) in [5.41, 5.74) is 11.7. The monoisotopic (exact) mass is 504 g/mol. The van der Waals surface area contributed by atoms with Gasteiger partial charge in [0.15, 0.2) is 11.5 Å². The Kier molecular flexibility index (Phi) is 6.61. The SMILES string of the molecule is CC#CC(=O)Nc1ccc(-c2[nH]c3ncnc(N)c3c2-c2ccc(Oc3cccc(C)n3)c(OC)c2)cc1. The van der Waals surface area contributed by atoms with E-state index >= 15 is 0 Å². The highest BCUT2D eigenvalue weighted by Gasteiger charge is 2.20. The molecule has 0 bridgehead atoms. The number of nitrogen functional groups attached to an aromatic ring is 1. The third-order valence-electron chi connectivity index (χ3n) is 5.82. The Labute approximate surface area is 219 Å². The van der Waals surface area contributed by atoms with Gasteiger partial charge in [-0.1, -0.05) is 30.2 Å². The van der Waals surface area contributed by atoms with E-state index in [-0.39, 0.29) is 5.91 Å². The number of ether oxygens (including phenoxy) is 2. The number of aryl methyl sites for hydroxylation is 1. The van der Waals surface area contributed by atoms with E-state index in [0.29, 0.717) is 39.9 Å². The van der Waals surface area contributed by atoms with E-state index < -0.39 is 0 Å². The largest absolute Gasteiger partial charge is 0.493 e. The van der Waals surface area contributed by atoms with Crippen molar-refractivity contribution in [3.8, 4) is 51.6 Å². The van der Waals surface area contributed by atoms with Crippen LogP contribution in [0.5, 0.6) is 17.4 Å². The number of pyridine rings is 1. The molecule has 2 aromatic carbocycles. The summed E-state index contributed by atoms with van der Waals surface area (Å²) in [7, 11) is 1.58. The average Bonchev–Trinajstić information content (AvgIpc) is 3.30. The van der Waals surface area contributed by atoms with Crippen molar-refractivity contribution >= 4 is 28.4 Å². The predicted molar refractivity (Wildman–Crippen MR) is 147 cm³/mol. The first-order valence-electron chi connectivity index (χ1n) is 11.7. The second-order valence-corrected chi connectivity index (χ2v) is 8.35. The van der Waals surface area contributed by atoms with Crippen LogP contribution in [0.1, 0.15) is 12.6 Å². The standard InChI is InChI=1S/C29H24N6O3/c1-4-6-23(36)34-20-12-9-18(10-13-20)27-25(26-28(30)31-16-32-29(26)35-27)19-11-14-21(22(15-19)37-3)38-24-8-5-7-17(2)33-24/h5,7-16H,1-3H3,(H,34,36)(H3,30,31,32,35). The highest BCUT2D eigenvalue weighted by atomic mass is 16.5. The van der Waals surface area contributed by atoms with Crippen molar-refractivity contribution in [1.29, 1.82) is 0 Å². The van der Waals surface area contributed by atoms with E-state index in [2.05, 4.69) is 37.1 Å². The number of fused-ring (bicyclic) bond motifs is 1. The van der Waals surface area contributed by atoms with Crippen molar-refractivity contribution < 1.29 is 14.3 Å². The van der Waals surface area contributed by atoms with Crippen molar-refractivity contribution in [3.63, 3.8) is 0 Å². The summed E-state index contributed by atoms with van der Waals surface area (Å²) in [5.74, 6) is 6.55. The molecule has 0 atom stereocenters. The van der Waals surface area contributed by atoms with Crippen LogP contribution in [0.15, 0.2) is 67.0 Å². The van der Waals surface area contributed by atoms with E-state index in [1.807, 2.05) is 49.4 Å². The van der Waals surface area contributed by atoms with E-state index in [4.69, 9.17) is 15.2 Å². The Hall–Kier alpha value is -5.36. The van der Waals surface area contributed by atoms with Gasteiger partial charge in [-0.15, -0.1) is 0 Å². The Morgan fingerprint density at radius 3 is 2.55 bits per heavy atom. The maximum Gasteiger partial charge on any atom is 0.300 e. The van der Waals surface area contributed by atoms with E-state index in [0.717, 1.165) is 28.1 Å². The Balaban J connectivity index is 1.59. The molecule has 188 valence electrons. The minimum Gasteiger partial charge on any atom is -0.493 e. The summed E-state index contributed by atoms with van der Waals surface area (Å²) < 4.78 is 11.7.